The van der Waals surface area contributed by atoms with Crippen molar-refractivity contribution in [3.63, 3.8) is 0 Å². The number of nitrogens with zero attached hydrogens (tertiary/aromatic N) is 3. The summed E-state index contributed by atoms with van der Waals surface area (Å²) in [6.07, 6.45) is 1.48. The number of rotatable bonds is 1. The van der Waals surface area contributed by atoms with Gasteiger partial charge < -0.3 is 5.73 Å². The number of fused-ring (bicyclic) bond motifs is 1. The highest BCUT2D eigenvalue weighted by Gasteiger charge is 2.03. The molecule has 2 aromatic heterocycles. The smallest absolute Gasteiger partial charge is 0.262 e. The summed E-state index contributed by atoms with van der Waals surface area (Å²) in [4.78, 5) is 19.7. The van der Waals surface area contributed by atoms with Gasteiger partial charge in [0.15, 0.2) is 5.65 Å². The average molecular weight is 190 g/mol. The monoisotopic (exact) mass is 190 g/mol. The van der Waals surface area contributed by atoms with E-state index in [1.807, 2.05) is 6.92 Å². The normalized spacial score (nSPS) is 10.6. The number of aryl methyl sites for hydroxylation is 1. The first-order valence-electron chi connectivity index (χ1n) is 4.34. The lowest BCUT2D eigenvalue weighted by atomic mass is 10.3. The van der Waals surface area contributed by atoms with E-state index < -0.39 is 0 Å². The van der Waals surface area contributed by atoms with Crippen LogP contribution in [-0.4, -0.2) is 14.5 Å². The van der Waals surface area contributed by atoms with Crippen LogP contribution in [0.5, 0.6) is 0 Å². The van der Waals surface area contributed by atoms with Crippen molar-refractivity contribution in [1.82, 2.24) is 14.5 Å². The number of nitrogens with two attached hydrogens (primary N) is 1. The molecule has 0 saturated heterocycles. The molecule has 0 spiro atoms. The van der Waals surface area contributed by atoms with E-state index in [2.05, 4.69) is 9.97 Å². The van der Waals surface area contributed by atoms with Gasteiger partial charge in [0, 0.05) is 6.54 Å². The largest absolute Gasteiger partial charge is 0.384 e. The summed E-state index contributed by atoms with van der Waals surface area (Å²) in [6.45, 7) is 2.49. The molecule has 14 heavy (non-hydrogen) atoms. The number of hydrogen-bond acceptors (Lipinski definition) is 4. The Morgan fingerprint density at radius 1 is 1.50 bits per heavy atom. The maximum Gasteiger partial charge on any atom is 0.262 e. The van der Waals surface area contributed by atoms with Crippen molar-refractivity contribution >= 4 is 16.9 Å². The van der Waals surface area contributed by atoms with E-state index in [9.17, 15) is 4.79 Å². The first-order valence-corrected chi connectivity index (χ1v) is 4.34. The molecule has 0 radical (unpaired) electrons. The van der Waals surface area contributed by atoms with Gasteiger partial charge in [-0.05, 0) is 19.1 Å². The number of nitrogen functional groups attached to an aromatic ring is 1. The van der Waals surface area contributed by atoms with E-state index in [0.29, 0.717) is 23.4 Å². The molecule has 5 nitrogen and oxygen atoms in total. The lowest BCUT2D eigenvalue weighted by Crippen LogP contribution is -2.19. The molecule has 0 unspecified atom stereocenters. The van der Waals surface area contributed by atoms with Crippen molar-refractivity contribution in [1.29, 1.82) is 0 Å². The Kier molecular flexibility index (Phi) is 1.92. The zero-order chi connectivity index (χ0) is 10.1. The molecule has 2 aromatic rings. The van der Waals surface area contributed by atoms with Gasteiger partial charge in [-0.1, -0.05) is 0 Å². The summed E-state index contributed by atoms with van der Waals surface area (Å²) in [6, 6.07) is 3.25. The predicted octanol–water partition coefficient (Wildman–Crippen LogP) is 0.394. The molecule has 0 aliphatic carbocycles. The fourth-order valence-corrected chi connectivity index (χ4v) is 1.29. The summed E-state index contributed by atoms with van der Waals surface area (Å²) >= 11 is 0. The van der Waals surface area contributed by atoms with Crippen LogP contribution in [0.4, 0.5) is 5.82 Å². The molecule has 0 atom stereocenters. The van der Waals surface area contributed by atoms with Crippen LogP contribution in [-0.2, 0) is 6.54 Å². The molecule has 0 aromatic carbocycles. The Hall–Kier alpha value is -1.91. The fourth-order valence-electron chi connectivity index (χ4n) is 1.29. The second-order valence-electron chi connectivity index (χ2n) is 2.94. The maximum atomic E-state index is 11.7. The molecule has 0 aliphatic rings. The second kappa shape index (κ2) is 3.10. The molecule has 5 heteroatoms. The second-order valence-corrected chi connectivity index (χ2v) is 2.94. The number of aromatic nitrogens is 3. The molecular formula is C9H10N4O. The van der Waals surface area contributed by atoms with Gasteiger partial charge in [0.25, 0.3) is 5.56 Å². The van der Waals surface area contributed by atoms with Gasteiger partial charge in [-0.15, -0.1) is 0 Å². The predicted molar refractivity (Wildman–Crippen MR) is 53.9 cm³/mol. The third-order valence-corrected chi connectivity index (χ3v) is 2.05. The lowest BCUT2D eigenvalue weighted by molar-refractivity contribution is 0.716. The minimum Gasteiger partial charge on any atom is -0.384 e. The van der Waals surface area contributed by atoms with Gasteiger partial charge in [0.1, 0.15) is 5.82 Å². The van der Waals surface area contributed by atoms with E-state index in [0.717, 1.165) is 0 Å². The highest BCUT2D eigenvalue weighted by Crippen LogP contribution is 2.05. The van der Waals surface area contributed by atoms with Crippen LogP contribution in [0.3, 0.4) is 0 Å². The molecule has 0 amide bonds. The van der Waals surface area contributed by atoms with E-state index in [-0.39, 0.29) is 5.56 Å². The lowest BCUT2D eigenvalue weighted by Gasteiger charge is -2.02. The van der Waals surface area contributed by atoms with Crippen LogP contribution in [0.25, 0.3) is 11.0 Å². The zero-order valence-electron chi connectivity index (χ0n) is 7.77. The van der Waals surface area contributed by atoms with Gasteiger partial charge in [-0.3, -0.25) is 9.36 Å². The number of anilines is 1. The molecule has 0 fully saturated rings. The Morgan fingerprint density at radius 2 is 2.29 bits per heavy atom. The first-order chi connectivity index (χ1) is 6.72. The topological polar surface area (TPSA) is 73.8 Å². The van der Waals surface area contributed by atoms with E-state index in [1.165, 1.54) is 10.9 Å². The van der Waals surface area contributed by atoms with Crippen LogP contribution >= 0.6 is 0 Å². The molecule has 72 valence electrons. The summed E-state index contributed by atoms with van der Waals surface area (Å²) in [5.74, 6) is 0.374. The maximum absolute atomic E-state index is 11.7. The van der Waals surface area contributed by atoms with E-state index in [1.54, 1.807) is 12.1 Å². The zero-order valence-corrected chi connectivity index (χ0v) is 7.77. The SMILES string of the molecule is CCn1cnc2nc(N)ccc2c1=O. The molecule has 2 N–H and O–H groups in total. The third kappa shape index (κ3) is 1.22. The van der Waals surface area contributed by atoms with Crippen molar-refractivity contribution in [3.8, 4) is 0 Å². The first kappa shape index (κ1) is 8.68. The van der Waals surface area contributed by atoms with Crippen molar-refractivity contribution in [3.05, 3.63) is 28.8 Å². The van der Waals surface area contributed by atoms with Crippen LogP contribution in [0.15, 0.2) is 23.3 Å². The molecule has 2 heterocycles. The van der Waals surface area contributed by atoms with Crippen molar-refractivity contribution in [2.75, 3.05) is 5.73 Å². The highest BCUT2D eigenvalue weighted by atomic mass is 16.1. The van der Waals surface area contributed by atoms with Crippen molar-refractivity contribution < 1.29 is 0 Å². The molecule has 0 aliphatic heterocycles. The van der Waals surface area contributed by atoms with Crippen LogP contribution in [0.2, 0.25) is 0 Å². The highest BCUT2D eigenvalue weighted by molar-refractivity contribution is 5.74. The molecule has 0 saturated carbocycles. The van der Waals surface area contributed by atoms with Crippen molar-refractivity contribution in [2.24, 2.45) is 0 Å². The minimum atomic E-state index is -0.0787. The van der Waals surface area contributed by atoms with E-state index >= 15 is 0 Å². The molecule has 2 rings (SSSR count). The van der Waals surface area contributed by atoms with Gasteiger partial charge in [0.05, 0.1) is 11.7 Å². The van der Waals surface area contributed by atoms with Gasteiger partial charge in [-0.2, -0.15) is 0 Å². The Balaban J connectivity index is 2.84. The van der Waals surface area contributed by atoms with Crippen LogP contribution < -0.4 is 11.3 Å². The molecular weight excluding hydrogens is 180 g/mol. The minimum absolute atomic E-state index is 0.0787. The Bertz CT molecular complexity index is 532. The number of hydrogen-bond donors (Lipinski definition) is 1. The summed E-state index contributed by atoms with van der Waals surface area (Å²) in [5, 5.41) is 0.503. The third-order valence-electron chi connectivity index (χ3n) is 2.05. The Morgan fingerprint density at radius 3 is 3.00 bits per heavy atom. The number of pyridine rings is 1. The quantitative estimate of drug-likeness (QED) is 0.706. The Labute approximate surface area is 80.2 Å². The van der Waals surface area contributed by atoms with Gasteiger partial charge in [-0.25, -0.2) is 9.97 Å². The summed E-state index contributed by atoms with van der Waals surface area (Å²) in [5.41, 5.74) is 5.81. The standard InChI is InChI=1S/C9H10N4O/c1-2-13-5-11-8-6(9(13)14)3-4-7(10)12-8/h3-5H,2H2,1H3,(H2,10,12). The fraction of sp³-hybridized carbons (Fsp3) is 0.222. The van der Waals surface area contributed by atoms with E-state index in [4.69, 9.17) is 5.73 Å². The van der Waals surface area contributed by atoms with Crippen molar-refractivity contribution in [2.45, 2.75) is 13.5 Å². The van der Waals surface area contributed by atoms with Gasteiger partial charge >= 0.3 is 0 Å². The summed E-state index contributed by atoms with van der Waals surface area (Å²) < 4.78 is 1.53. The molecule has 0 bridgehead atoms. The summed E-state index contributed by atoms with van der Waals surface area (Å²) in [7, 11) is 0. The average Bonchev–Trinajstić information content (AvgIpc) is 2.18. The van der Waals surface area contributed by atoms with Crippen LogP contribution in [0.1, 0.15) is 6.92 Å². The van der Waals surface area contributed by atoms with Crippen LogP contribution in [0, 0.1) is 0 Å². The van der Waals surface area contributed by atoms with Gasteiger partial charge in [0.2, 0.25) is 0 Å².